The molecule has 1 heterocycles. The number of carbonyl (C=O) groups is 2. The van der Waals surface area contributed by atoms with Crippen molar-refractivity contribution in [1.29, 1.82) is 0 Å². The van der Waals surface area contributed by atoms with Crippen LogP contribution in [0.15, 0.2) is 48.5 Å². The third-order valence-corrected chi connectivity index (χ3v) is 4.54. The molecule has 0 atom stereocenters. The van der Waals surface area contributed by atoms with E-state index in [0.29, 0.717) is 42.8 Å². The molecule has 6 heteroatoms. The van der Waals surface area contributed by atoms with Gasteiger partial charge in [-0.25, -0.2) is 4.39 Å². The molecule has 1 fully saturated rings. The van der Waals surface area contributed by atoms with Crippen molar-refractivity contribution in [3.05, 3.63) is 65.5 Å². The molecule has 5 nitrogen and oxygen atoms in total. The summed E-state index contributed by atoms with van der Waals surface area (Å²) in [6.07, 6.45) is 1.37. The van der Waals surface area contributed by atoms with Crippen LogP contribution in [0.4, 0.5) is 4.39 Å². The number of hydrogen-bond acceptors (Lipinski definition) is 3. The number of halogens is 1. The summed E-state index contributed by atoms with van der Waals surface area (Å²) in [5.74, 6) is 0.0259. The Hall–Kier alpha value is -2.89. The van der Waals surface area contributed by atoms with Crippen molar-refractivity contribution >= 4 is 11.8 Å². The van der Waals surface area contributed by atoms with Crippen molar-refractivity contribution in [2.45, 2.75) is 18.9 Å². The maximum atomic E-state index is 12.9. The van der Waals surface area contributed by atoms with Crippen molar-refractivity contribution in [3.63, 3.8) is 0 Å². The number of amides is 2. The van der Waals surface area contributed by atoms with Gasteiger partial charge in [-0.1, -0.05) is 6.07 Å². The van der Waals surface area contributed by atoms with Gasteiger partial charge in [-0.2, -0.15) is 0 Å². The summed E-state index contributed by atoms with van der Waals surface area (Å²) < 4.78 is 18.1. The molecule has 1 saturated heterocycles. The molecule has 2 aromatic carbocycles. The van der Waals surface area contributed by atoms with Crippen LogP contribution >= 0.6 is 0 Å². The highest BCUT2D eigenvalue weighted by Crippen LogP contribution is 2.18. The van der Waals surface area contributed by atoms with Crippen LogP contribution < -0.4 is 10.1 Å². The molecule has 0 unspecified atom stereocenters. The summed E-state index contributed by atoms with van der Waals surface area (Å²) in [4.78, 5) is 26.6. The molecule has 0 spiro atoms. The van der Waals surface area contributed by atoms with Gasteiger partial charge in [0.2, 0.25) is 0 Å². The first-order chi connectivity index (χ1) is 12.6. The highest BCUT2D eigenvalue weighted by molar-refractivity contribution is 5.95. The molecule has 136 valence electrons. The Labute approximate surface area is 151 Å². The van der Waals surface area contributed by atoms with Gasteiger partial charge in [-0.05, 0) is 55.3 Å². The van der Waals surface area contributed by atoms with E-state index in [0.717, 1.165) is 0 Å². The van der Waals surface area contributed by atoms with Crippen LogP contribution in [0, 0.1) is 5.82 Å². The van der Waals surface area contributed by atoms with E-state index in [9.17, 15) is 14.0 Å². The number of ether oxygens (including phenoxy) is 1. The Balaban J connectivity index is 1.54. The first-order valence-electron chi connectivity index (χ1n) is 8.56. The molecule has 0 radical (unpaired) electrons. The van der Waals surface area contributed by atoms with E-state index in [4.69, 9.17) is 4.74 Å². The number of piperidine rings is 1. The van der Waals surface area contributed by atoms with Crippen LogP contribution in [0.25, 0.3) is 0 Å². The predicted molar refractivity (Wildman–Crippen MR) is 95.8 cm³/mol. The highest BCUT2D eigenvalue weighted by Gasteiger charge is 2.25. The molecular weight excluding hydrogens is 335 g/mol. The predicted octanol–water partition coefficient (Wildman–Crippen LogP) is 2.87. The van der Waals surface area contributed by atoms with Gasteiger partial charge in [-0.15, -0.1) is 0 Å². The van der Waals surface area contributed by atoms with Gasteiger partial charge in [0.05, 0.1) is 7.11 Å². The monoisotopic (exact) mass is 356 g/mol. The Bertz CT molecular complexity index is 784. The van der Waals surface area contributed by atoms with Crippen LogP contribution in [-0.2, 0) is 0 Å². The Morgan fingerprint density at radius 2 is 1.77 bits per heavy atom. The lowest BCUT2D eigenvalue weighted by atomic mass is 10.0. The van der Waals surface area contributed by atoms with Gasteiger partial charge >= 0.3 is 0 Å². The molecule has 0 saturated carbocycles. The van der Waals surface area contributed by atoms with Gasteiger partial charge in [0.15, 0.2) is 0 Å². The lowest BCUT2D eigenvalue weighted by Crippen LogP contribution is -2.46. The van der Waals surface area contributed by atoms with E-state index < -0.39 is 0 Å². The first-order valence-corrected chi connectivity index (χ1v) is 8.56. The summed E-state index contributed by atoms with van der Waals surface area (Å²) in [7, 11) is 1.57. The van der Waals surface area contributed by atoms with Crippen LogP contribution in [0.1, 0.15) is 33.6 Å². The number of likely N-dealkylation sites (tertiary alicyclic amines) is 1. The maximum Gasteiger partial charge on any atom is 0.253 e. The molecule has 3 rings (SSSR count). The lowest BCUT2D eigenvalue weighted by Gasteiger charge is -2.32. The number of benzene rings is 2. The fourth-order valence-corrected chi connectivity index (χ4v) is 3.04. The Kier molecular flexibility index (Phi) is 5.51. The second-order valence-electron chi connectivity index (χ2n) is 6.28. The number of hydrogen-bond donors (Lipinski definition) is 1. The molecule has 26 heavy (non-hydrogen) atoms. The zero-order valence-electron chi connectivity index (χ0n) is 14.6. The van der Waals surface area contributed by atoms with E-state index in [1.165, 1.54) is 24.3 Å². The normalized spacial score (nSPS) is 14.8. The highest BCUT2D eigenvalue weighted by atomic mass is 19.1. The number of nitrogens with zero attached hydrogens (tertiary/aromatic N) is 1. The zero-order valence-corrected chi connectivity index (χ0v) is 14.6. The summed E-state index contributed by atoms with van der Waals surface area (Å²) in [6.45, 7) is 1.15. The quantitative estimate of drug-likeness (QED) is 0.916. The SMILES string of the molecule is COc1cccc(C(=O)N2CCC(NC(=O)c3ccc(F)cc3)CC2)c1. The zero-order chi connectivity index (χ0) is 18.5. The van der Waals surface area contributed by atoms with Crippen molar-refractivity contribution in [1.82, 2.24) is 10.2 Å². The van der Waals surface area contributed by atoms with Crippen LogP contribution in [0.5, 0.6) is 5.75 Å². The second-order valence-corrected chi connectivity index (χ2v) is 6.28. The van der Waals surface area contributed by atoms with Crippen LogP contribution in [-0.4, -0.2) is 43.0 Å². The summed E-state index contributed by atoms with van der Waals surface area (Å²) in [5.41, 5.74) is 1.03. The van der Waals surface area contributed by atoms with Crippen LogP contribution in [0.3, 0.4) is 0 Å². The van der Waals surface area contributed by atoms with Gasteiger partial charge in [0, 0.05) is 30.3 Å². The average molecular weight is 356 g/mol. The first kappa shape index (κ1) is 17.9. The van der Waals surface area contributed by atoms with Crippen molar-refractivity contribution in [3.8, 4) is 5.75 Å². The molecule has 0 aromatic heterocycles. The minimum Gasteiger partial charge on any atom is -0.497 e. The number of rotatable bonds is 4. The molecule has 2 aromatic rings. The smallest absolute Gasteiger partial charge is 0.253 e. The number of methoxy groups -OCH3 is 1. The molecule has 1 N–H and O–H groups in total. The molecule has 2 amide bonds. The van der Waals surface area contributed by atoms with E-state index in [1.807, 2.05) is 0 Å². The molecule has 0 aliphatic carbocycles. The largest absolute Gasteiger partial charge is 0.497 e. The van der Waals surface area contributed by atoms with Crippen molar-refractivity contribution < 1.29 is 18.7 Å². The molecule has 0 bridgehead atoms. The molecular formula is C20H21FN2O3. The summed E-state index contributed by atoms with van der Waals surface area (Å²) in [6, 6.07) is 12.6. The number of nitrogens with one attached hydrogen (secondary N) is 1. The third kappa shape index (κ3) is 4.20. The fraction of sp³-hybridized carbons (Fsp3) is 0.300. The Morgan fingerprint density at radius 3 is 2.42 bits per heavy atom. The third-order valence-electron chi connectivity index (χ3n) is 4.54. The van der Waals surface area contributed by atoms with Crippen LogP contribution in [0.2, 0.25) is 0 Å². The average Bonchev–Trinajstić information content (AvgIpc) is 2.68. The maximum absolute atomic E-state index is 12.9. The van der Waals surface area contributed by atoms with Crippen molar-refractivity contribution in [2.75, 3.05) is 20.2 Å². The fourth-order valence-electron chi connectivity index (χ4n) is 3.04. The standard InChI is InChI=1S/C20H21FN2O3/c1-26-18-4-2-3-15(13-18)20(25)23-11-9-17(10-12-23)22-19(24)14-5-7-16(21)8-6-14/h2-8,13,17H,9-12H2,1H3,(H,22,24). The molecule has 1 aliphatic heterocycles. The van der Waals surface area contributed by atoms with E-state index in [-0.39, 0.29) is 23.7 Å². The van der Waals surface area contributed by atoms with E-state index in [2.05, 4.69) is 5.32 Å². The van der Waals surface area contributed by atoms with Gasteiger partial charge < -0.3 is 15.0 Å². The van der Waals surface area contributed by atoms with E-state index >= 15 is 0 Å². The topological polar surface area (TPSA) is 58.6 Å². The van der Waals surface area contributed by atoms with Gasteiger partial charge in [-0.3, -0.25) is 9.59 Å². The van der Waals surface area contributed by atoms with Crippen molar-refractivity contribution in [2.24, 2.45) is 0 Å². The minimum atomic E-state index is -0.370. The van der Waals surface area contributed by atoms with Gasteiger partial charge in [0.1, 0.15) is 11.6 Å². The lowest BCUT2D eigenvalue weighted by molar-refractivity contribution is 0.0697. The Morgan fingerprint density at radius 1 is 1.08 bits per heavy atom. The summed E-state index contributed by atoms with van der Waals surface area (Å²) >= 11 is 0. The molecule has 1 aliphatic rings. The minimum absolute atomic E-state index is 0.00177. The van der Waals surface area contributed by atoms with E-state index in [1.54, 1.807) is 36.3 Å². The van der Waals surface area contributed by atoms with Gasteiger partial charge in [0.25, 0.3) is 11.8 Å². The number of carbonyl (C=O) groups excluding carboxylic acids is 2. The second kappa shape index (κ2) is 7.99. The summed E-state index contributed by atoms with van der Waals surface area (Å²) in [5, 5.41) is 2.95.